The van der Waals surface area contributed by atoms with Gasteiger partial charge in [0.25, 0.3) is 0 Å². The molecule has 0 fully saturated rings. The molecule has 0 amide bonds. The predicted molar refractivity (Wildman–Crippen MR) is 91.1 cm³/mol. The summed E-state index contributed by atoms with van der Waals surface area (Å²) in [6.07, 6.45) is 2.18. The Labute approximate surface area is 131 Å². The molecule has 0 aliphatic heterocycles. The number of sulfonamides is 1. The van der Waals surface area contributed by atoms with E-state index < -0.39 is 10.0 Å². The van der Waals surface area contributed by atoms with Gasteiger partial charge in [-0.3, -0.25) is 4.72 Å². The number of aromatic nitrogens is 1. The molecule has 2 aromatic rings. The van der Waals surface area contributed by atoms with Crippen LogP contribution in [0.4, 0.5) is 17.2 Å². The highest BCUT2D eigenvalue weighted by Crippen LogP contribution is 2.20. The molecular formula is C16H21N3O2S. The molecule has 0 bridgehead atoms. The van der Waals surface area contributed by atoms with Crippen LogP contribution in [0.25, 0.3) is 0 Å². The summed E-state index contributed by atoms with van der Waals surface area (Å²) in [5, 5.41) is 3.25. The Hall–Kier alpha value is -2.08. The first-order chi connectivity index (χ1) is 10.4. The lowest BCUT2D eigenvalue weighted by atomic mass is 10.1. The average molecular weight is 319 g/mol. The van der Waals surface area contributed by atoms with Crippen molar-refractivity contribution < 1.29 is 8.42 Å². The lowest BCUT2D eigenvalue weighted by Gasteiger charge is -2.10. The van der Waals surface area contributed by atoms with Gasteiger partial charge in [0, 0.05) is 5.69 Å². The minimum atomic E-state index is -3.30. The molecule has 22 heavy (non-hydrogen) atoms. The van der Waals surface area contributed by atoms with Crippen molar-refractivity contribution in [3.05, 3.63) is 47.7 Å². The van der Waals surface area contributed by atoms with E-state index in [9.17, 15) is 8.42 Å². The van der Waals surface area contributed by atoms with Crippen LogP contribution in [-0.2, 0) is 10.0 Å². The second kappa shape index (κ2) is 6.79. The summed E-state index contributed by atoms with van der Waals surface area (Å²) in [6, 6.07) is 9.56. The zero-order valence-electron chi connectivity index (χ0n) is 13.1. The van der Waals surface area contributed by atoms with E-state index in [1.807, 2.05) is 13.0 Å². The number of nitrogens with one attached hydrogen (secondary N) is 2. The lowest BCUT2D eigenvalue weighted by Crippen LogP contribution is -2.16. The third-order valence-electron chi connectivity index (χ3n) is 3.29. The number of benzene rings is 1. The number of nitrogens with zero attached hydrogens (tertiary/aromatic N) is 1. The fourth-order valence-corrected chi connectivity index (χ4v) is 3.07. The van der Waals surface area contributed by atoms with Crippen LogP contribution in [0.2, 0.25) is 0 Å². The van der Waals surface area contributed by atoms with Gasteiger partial charge in [-0.25, -0.2) is 13.4 Å². The Bertz CT molecular complexity index is 740. The number of aryl methyl sites for hydroxylation is 2. The summed E-state index contributed by atoms with van der Waals surface area (Å²) >= 11 is 0. The van der Waals surface area contributed by atoms with Crippen LogP contribution in [0.15, 0.2) is 36.5 Å². The number of anilines is 3. The van der Waals surface area contributed by atoms with Crippen molar-refractivity contribution in [2.45, 2.75) is 27.2 Å². The van der Waals surface area contributed by atoms with Crippen molar-refractivity contribution in [3.8, 4) is 0 Å². The SMILES string of the molecule is CCCS(=O)(=O)Nc1ccc(Nc2ccc(C)c(C)c2)cn1. The number of hydrogen-bond acceptors (Lipinski definition) is 4. The summed E-state index contributed by atoms with van der Waals surface area (Å²) in [5.74, 6) is 0.427. The largest absolute Gasteiger partial charge is 0.354 e. The monoisotopic (exact) mass is 319 g/mol. The van der Waals surface area contributed by atoms with Crippen molar-refractivity contribution in [2.75, 3.05) is 15.8 Å². The molecule has 0 atom stereocenters. The maximum atomic E-state index is 11.7. The highest BCUT2D eigenvalue weighted by molar-refractivity contribution is 7.92. The average Bonchev–Trinajstić information content (AvgIpc) is 2.44. The minimum Gasteiger partial charge on any atom is -0.354 e. The fraction of sp³-hybridized carbons (Fsp3) is 0.312. The molecule has 5 nitrogen and oxygen atoms in total. The summed E-state index contributed by atoms with van der Waals surface area (Å²) in [5.41, 5.74) is 4.23. The number of pyridine rings is 1. The second-order valence-electron chi connectivity index (χ2n) is 5.28. The third-order valence-corrected chi connectivity index (χ3v) is 4.76. The van der Waals surface area contributed by atoms with E-state index in [4.69, 9.17) is 0 Å². The second-order valence-corrected chi connectivity index (χ2v) is 7.12. The molecule has 1 aromatic carbocycles. The zero-order chi connectivity index (χ0) is 16.2. The summed E-state index contributed by atoms with van der Waals surface area (Å²) in [4.78, 5) is 4.13. The summed E-state index contributed by atoms with van der Waals surface area (Å²) in [6.45, 7) is 5.95. The Balaban J connectivity index is 2.07. The van der Waals surface area contributed by atoms with Gasteiger partial charge in [0.1, 0.15) is 5.82 Å². The molecule has 0 saturated heterocycles. The summed E-state index contributed by atoms with van der Waals surface area (Å²) < 4.78 is 25.8. The maximum absolute atomic E-state index is 11.7. The molecule has 2 N–H and O–H groups in total. The highest BCUT2D eigenvalue weighted by Gasteiger charge is 2.09. The molecule has 0 saturated carbocycles. The molecule has 1 heterocycles. The number of rotatable bonds is 6. The van der Waals surface area contributed by atoms with Gasteiger partial charge in [0.15, 0.2) is 0 Å². The molecule has 1 aromatic heterocycles. The molecule has 0 radical (unpaired) electrons. The van der Waals surface area contributed by atoms with Gasteiger partial charge in [0.2, 0.25) is 10.0 Å². The first-order valence-corrected chi connectivity index (χ1v) is 8.85. The van der Waals surface area contributed by atoms with Crippen LogP contribution in [0, 0.1) is 13.8 Å². The van der Waals surface area contributed by atoms with E-state index in [2.05, 4.69) is 41.0 Å². The molecule has 2 rings (SSSR count). The first-order valence-electron chi connectivity index (χ1n) is 7.20. The lowest BCUT2D eigenvalue weighted by molar-refractivity contribution is 0.599. The normalized spacial score (nSPS) is 11.2. The van der Waals surface area contributed by atoms with Crippen molar-refractivity contribution in [1.29, 1.82) is 0 Å². The predicted octanol–water partition coefficient (Wildman–Crippen LogP) is 3.59. The van der Waals surface area contributed by atoms with E-state index in [0.29, 0.717) is 12.2 Å². The van der Waals surface area contributed by atoms with Gasteiger partial charge < -0.3 is 5.32 Å². The molecule has 0 spiro atoms. The van der Waals surface area contributed by atoms with Crippen LogP contribution >= 0.6 is 0 Å². The fourth-order valence-electron chi connectivity index (χ4n) is 1.99. The van der Waals surface area contributed by atoms with E-state index in [-0.39, 0.29) is 5.75 Å². The number of hydrogen-bond donors (Lipinski definition) is 2. The van der Waals surface area contributed by atoms with Gasteiger partial charge in [-0.2, -0.15) is 0 Å². The quantitative estimate of drug-likeness (QED) is 0.853. The Morgan fingerprint density at radius 1 is 1.05 bits per heavy atom. The van der Waals surface area contributed by atoms with Crippen LogP contribution in [0.1, 0.15) is 24.5 Å². The highest BCUT2D eigenvalue weighted by atomic mass is 32.2. The van der Waals surface area contributed by atoms with E-state index >= 15 is 0 Å². The van der Waals surface area contributed by atoms with Gasteiger partial charge in [-0.1, -0.05) is 13.0 Å². The first kappa shape index (κ1) is 16.3. The van der Waals surface area contributed by atoms with E-state index in [1.165, 1.54) is 11.1 Å². The van der Waals surface area contributed by atoms with Crippen LogP contribution in [-0.4, -0.2) is 19.2 Å². The zero-order valence-corrected chi connectivity index (χ0v) is 13.9. The van der Waals surface area contributed by atoms with Crippen molar-refractivity contribution in [1.82, 2.24) is 4.98 Å². The molecule has 0 aliphatic carbocycles. The molecular weight excluding hydrogens is 298 g/mol. The Morgan fingerprint density at radius 3 is 2.36 bits per heavy atom. The molecule has 0 aliphatic rings. The summed E-state index contributed by atoms with van der Waals surface area (Å²) in [7, 11) is -3.30. The Morgan fingerprint density at radius 2 is 1.77 bits per heavy atom. The standard InChI is InChI=1S/C16H21N3O2S/c1-4-9-22(20,21)19-16-8-7-15(11-17-16)18-14-6-5-12(2)13(3)10-14/h5-8,10-11,18H,4,9H2,1-3H3,(H,17,19). The van der Waals surface area contributed by atoms with Gasteiger partial charge in [-0.05, 0) is 55.7 Å². The van der Waals surface area contributed by atoms with E-state index in [0.717, 1.165) is 11.4 Å². The van der Waals surface area contributed by atoms with Crippen molar-refractivity contribution in [2.24, 2.45) is 0 Å². The molecule has 0 unspecified atom stereocenters. The van der Waals surface area contributed by atoms with Gasteiger partial charge >= 0.3 is 0 Å². The van der Waals surface area contributed by atoms with Crippen LogP contribution < -0.4 is 10.0 Å². The topological polar surface area (TPSA) is 71.1 Å². The van der Waals surface area contributed by atoms with Crippen LogP contribution in [0.3, 0.4) is 0 Å². The van der Waals surface area contributed by atoms with E-state index in [1.54, 1.807) is 18.3 Å². The van der Waals surface area contributed by atoms with Crippen molar-refractivity contribution in [3.63, 3.8) is 0 Å². The smallest absolute Gasteiger partial charge is 0.233 e. The maximum Gasteiger partial charge on any atom is 0.233 e. The van der Waals surface area contributed by atoms with Gasteiger partial charge in [0.05, 0.1) is 17.6 Å². The molecule has 118 valence electrons. The van der Waals surface area contributed by atoms with Crippen LogP contribution in [0.5, 0.6) is 0 Å². The Kier molecular flexibility index (Phi) is 5.03. The third kappa shape index (κ3) is 4.46. The van der Waals surface area contributed by atoms with Crippen molar-refractivity contribution >= 4 is 27.2 Å². The minimum absolute atomic E-state index is 0.0946. The molecule has 6 heteroatoms. The van der Waals surface area contributed by atoms with Gasteiger partial charge in [-0.15, -0.1) is 0 Å².